The molecule has 5 nitrogen and oxygen atoms in total. The molecular formula is C22H19BrClNO4S. The second-order valence-electron chi connectivity index (χ2n) is 6.22. The number of imide groups is 1. The number of rotatable bonds is 8. The minimum Gasteiger partial charge on any atom is -0.490 e. The topological polar surface area (TPSA) is 55.8 Å². The van der Waals surface area contributed by atoms with E-state index in [1.807, 2.05) is 19.1 Å². The highest BCUT2D eigenvalue weighted by molar-refractivity contribution is 9.10. The van der Waals surface area contributed by atoms with Crippen LogP contribution in [0.25, 0.3) is 6.08 Å². The summed E-state index contributed by atoms with van der Waals surface area (Å²) in [5.41, 5.74) is 1.42. The van der Waals surface area contributed by atoms with Gasteiger partial charge in [0.25, 0.3) is 11.1 Å². The SMILES string of the molecule is C=CCOc1c(Br)cc(/C=C2\SC(=O)N(Cc3ccccc3Cl)C2=O)cc1OCC. The van der Waals surface area contributed by atoms with Crippen molar-refractivity contribution in [2.45, 2.75) is 13.5 Å². The number of benzene rings is 2. The van der Waals surface area contributed by atoms with Gasteiger partial charge in [-0.2, -0.15) is 0 Å². The molecule has 1 aliphatic rings. The summed E-state index contributed by atoms with van der Waals surface area (Å²) in [6.45, 7) is 6.44. The summed E-state index contributed by atoms with van der Waals surface area (Å²) in [7, 11) is 0. The molecule has 2 aromatic rings. The number of thioether (sulfide) groups is 1. The van der Waals surface area contributed by atoms with Crippen molar-refractivity contribution in [3.8, 4) is 11.5 Å². The van der Waals surface area contributed by atoms with Crippen molar-refractivity contribution in [3.05, 3.63) is 74.6 Å². The molecule has 0 saturated carbocycles. The molecule has 0 aromatic heterocycles. The summed E-state index contributed by atoms with van der Waals surface area (Å²) in [4.78, 5) is 26.8. The lowest BCUT2D eigenvalue weighted by molar-refractivity contribution is -0.123. The third-order valence-corrected chi connectivity index (χ3v) is 6.00. The number of halogens is 2. The van der Waals surface area contributed by atoms with Crippen molar-refractivity contribution in [2.24, 2.45) is 0 Å². The predicted octanol–water partition coefficient (Wildman–Crippen LogP) is 6.30. The summed E-state index contributed by atoms with van der Waals surface area (Å²) in [6, 6.07) is 10.7. The van der Waals surface area contributed by atoms with Gasteiger partial charge < -0.3 is 9.47 Å². The lowest BCUT2D eigenvalue weighted by Crippen LogP contribution is -2.27. The van der Waals surface area contributed by atoms with E-state index >= 15 is 0 Å². The number of nitrogens with zero attached hydrogens (tertiary/aromatic N) is 1. The highest BCUT2D eigenvalue weighted by Gasteiger charge is 2.35. The number of carbonyl (C=O) groups excluding carboxylic acids is 2. The molecule has 30 heavy (non-hydrogen) atoms. The molecule has 8 heteroatoms. The molecule has 3 rings (SSSR count). The van der Waals surface area contributed by atoms with Crippen molar-refractivity contribution >= 4 is 56.5 Å². The Labute approximate surface area is 192 Å². The highest BCUT2D eigenvalue weighted by atomic mass is 79.9. The molecule has 0 bridgehead atoms. The van der Waals surface area contributed by atoms with E-state index in [1.165, 1.54) is 4.90 Å². The van der Waals surface area contributed by atoms with Gasteiger partial charge in [-0.05, 0) is 70.0 Å². The van der Waals surface area contributed by atoms with Gasteiger partial charge in [-0.1, -0.05) is 42.5 Å². The third-order valence-electron chi connectivity index (χ3n) is 4.13. The first kappa shape index (κ1) is 22.5. The molecule has 156 valence electrons. The van der Waals surface area contributed by atoms with Crippen molar-refractivity contribution in [1.29, 1.82) is 0 Å². The van der Waals surface area contributed by atoms with Crippen LogP contribution >= 0.6 is 39.3 Å². The first-order valence-electron chi connectivity index (χ1n) is 9.13. The largest absolute Gasteiger partial charge is 0.490 e. The molecule has 1 heterocycles. The maximum absolute atomic E-state index is 12.8. The smallest absolute Gasteiger partial charge is 0.293 e. The average molecular weight is 509 g/mol. The quantitative estimate of drug-likeness (QED) is 0.309. The maximum atomic E-state index is 12.8. The zero-order valence-corrected chi connectivity index (χ0v) is 19.4. The van der Waals surface area contributed by atoms with Gasteiger partial charge in [-0.25, -0.2) is 0 Å². The summed E-state index contributed by atoms with van der Waals surface area (Å²) < 4.78 is 12.0. The monoisotopic (exact) mass is 507 g/mol. The predicted molar refractivity (Wildman–Crippen MR) is 124 cm³/mol. The normalized spacial score (nSPS) is 15.0. The molecule has 0 N–H and O–H groups in total. The first-order chi connectivity index (χ1) is 14.4. The molecule has 0 aliphatic carbocycles. The van der Waals surface area contributed by atoms with Crippen LogP contribution in [-0.2, 0) is 11.3 Å². The van der Waals surface area contributed by atoms with Crippen molar-refractivity contribution in [3.63, 3.8) is 0 Å². The van der Waals surface area contributed by atoms with Crippen LogP contribution < -0.4 is 9.47 Å². The van der Waals surface area contributed by atoms with E-state index in [-0.39, 0.29) is 17.7 Å². The van der Waals surface area contributed by atoms with E-state index in [1.54, 1.807) is 36.4 Å². The molecule has 0 atom stereocenters. The van der Waals surface area contributed by atoms with Gasteiger partial charge in [0.15, 0.2) is 11.5 Å². The molecular weight excluding hydrogens is 490 g/mol. The van der Waals surface area contributed by atoms with E-state index in [2.05, 4.69) is 22.5 Å². The molecule has 1 aliphatic heterocycles. The van der Waals surface area contributed by atoms with E-state index in [9.17, 15) is 9.59 Å². The third kappa shape index (κ3) is 5.09. The van der Waals surface area contributed by atoms with Crippen LogP contribution in [0.1, 0.15) is 18.1 Å². The van der Waals surface area contributed by atoms with Crippen LogP contribution in [-0.4, -0.2) is 29.3 Å². The van der Waals surface area contributed by atoms with E-state index in [0.717, 1.165) is 11.8 Å². The second kappa shape index (κ2) is 10.2. The Bertz CT molecular complexity index is 1020. The van der Waals surface area contributed by atoms with Crippen LogP contribution in [0.3, 0.4) is 0 Å². The Morgan fingerprint density at radius 2 is 2.00 bits per heavy atom. The molecule has 2 amide bonds. The summed E-state index contributed by atoms with van der Waals surface area (Å²) in [5, 5.41) is 0.183. The minimum absolute atomic E-state index is 0.129. The Morgan fingerprint density at radius 3 is 2.70 bits per heavy atom. The Morgan fingerprint density at radius 1 is 1.23 bits per heavy atom. The Kier molecular flexibility index (Phi) is 7.64. The first-order valence-corrected chi connectivity index (χ1v) is 11.1. The van der Waals surface area contributed by atoms with Crippen LogP contribution in [0.15, 0.2) is 58.4 Å². The van der Waals surface area contributed by atoms with Gasteiger partial charge in [0.05, 0.1) is 22.5 Å². The number of ether oxygens (including phenoxy) is 2. The lowest BCUT2D eigenvalue weighted by Gasteiger charge is -2.14. The molecule has 0 unspecified atom stereocenters. The fourth-order valence-corrected chi connectivity index (χ4v) is 4.41. The fourth-order valence-electron chi connectivity index (χ4n) is 2.80. The van der Waals surface area contributed by atoms with Crippen LogP contribution in [0, 0.1) is 0 Å². The lowest BCUT2D eigenvalue weighted by atomic mass is 10.1. The fraction of sp³-hybridized carbons (Fsp3) is 0.182. The average Bonchev–Trinajstić information content (AvgIpc) is 2.96. The zero-order valence-electron chi connectivity index (χ0n) is 16.2. The van der Waals surface area contributed by atoms with Crippen LogP contribution in [0.2, 0.25) is 5.02 Å². The molecule has 0 radical (unpaired) electrons. The van der Waals surface area contributed by atoms with Crippen molar-refractivity contribution < 1.29 is 19.1 Å². The Balaban J connectivity index is 1.87. The van der Waals surface area contributed by atoms with Gasteiger partial charge in [-0.3, -0.25) is 14.5 Å². The van der Waals surface area contributed by atoms with Crippen LogP contribution in [0.5, 0.6) is 11.5 Å². The van der Waals surface area contributed by atoms with Crippen molar-refractivity contribution in [1.82, 2.24) is 4.90 Å². The molecule has 2 aromatic carbocycles. The molecule has 0 spiro atoms. The number of hydrogen-bond acceptors (Lipinski definition) is 5. The second-order valence-corrected chi connectivity index (χ2v) is 8.48. The van der Waals surface area contributed by atoms with E-state index in [4.69, 9.17) is 21.1 Å². The van der Waals surface area contributed by atoms with Gasteiger partial charge in [0, 0.05) is 5.02 Å². The minimum atomic E-state index is -0.356. The molecule has 1 fully saturated rings. The summed E-state index contributed by atoms with van der Waals surface area (Å²) in [5.74, 6) is 0.738. The number of amides is 2. The van der Waals surface area contributed by atoms with Crippen molar-refractivity contribution in [2.75, 3.05) is 13.2 Å². The summed E-state index contributed by atoms with van der Waals surface area (Å²) in [6.07, 6.45) is 3.31. The van der Waals surface area contributed by atoms with Gasteiger partial charge in [0.2, 0.25) is 0 Å². The number of hydrogen-bond donors (Lipinski definition) is 0. The Hall–Kier alpha value is -2.22. The highest BCUT2D eigenvalue weighted by Crippen LogP contribution is 2.39. The maximum Gasteiger partial charge on any atom is 0.293 e. The molecule has 1 saturated heterocycles. The van der Waals surface area contributed by atoms with Gasteiger partial charge in [-0.15, -0.1) is 0 Å². The van der Waals surface area contributed by atoms with E-state index < -0.39 is 0 Å². The van der Waals surface area contributed by atoms with Crippen LogP contribution in [0.4, 0.5) is 4.79 Å². The van der Waals surface area contributed by atoms with Gasteiger partial charge >= 0.3 is 0 Å². The number of carbonyl (C=O) groups is 2. The zero-order chi connectivity index (χ0) is 21.7. The van der Waals surface area contributed by atoms with Gasteiger partial charge in [0.1, 0.15) is 6.61 Å². The summed E-state index contributed by atoms with van der Waals surface area (Å²) >= 11 is 10.6. The van der Waals surface area contributed by atoms with E-state index in [0.29, 0.717) is 50.2 Å². The standard InChI is InChI=1S/C22H19BrClNO4S/c1-3-9-29-20-16(23)10-14(11-18(20)28-4-2)12-19-21(26)25(22(27)30-19)13-15-7-5-6-8-17(15)24/h3,5-8,10-12H,1,4,9,13H2,2H3/b19-12-.